The predicted molar refractivity (Wildman–Crippen MR) is 64.8 cm³/mol. The minimum atomic E-state index is -0.536. The van der Waals surface area contributed by atoms with E-state index in [0.29, 0.717) is 6.54 Å². The monoisotopic (exact) mass is 259 g/mol. The van der Waals surface area contributed by atoms with E-state index in [2.05, 4.69) is 10.3 Å². The van der Waals surface area contributed by atoms with Crippen LogP contribution in [0.5, 0.6) is 0 Å². The quantitative estimate of drug-likeness (QED) is 0.874. The maximum Gasteiger partial charge on any atom is 0.349 e. The van der Waals surface area contributed by atoms with Crippen LogP contribution in [0.3, 0.4) is 0 Å². The highest BCUT2D eigenvalue weighted by Gasteiger charge is 2.23. The zero-order valence-electron chi connectivity index (χ0n) is 9.64. The normalized spacial score (nSPS) is 23.9. The van der Waals surface area contributed by atoms with Crippen LogP contribution in [0.15, 0.2) is 11.0 Å². The van der Waals surface area contributed by atoms with Crippen LogP contribution in [0.25, 0.3) is 0 Å². The first-order valence-corrected chi connectivity index (χ1v) is 6.37. The van der Waals surface area contributed by atoms with Crippen molar-refractivity contribution in [2.24, 2.45) is 0 Å². The lowest BCUT2D eigenvalue weighted by Gasteiger charge is -2.12. The molecule has 0 radical (unpaired) electrons. The van der Waals surface area contributed by atoms with Crippen molar-refractivity contribution < 1.29 is 9.13 Å². The van der Waals surface area contributed by atoms with Crippen LogP contribution in [0.1, 0.15) is 6.92 Å². The van der Waals surface area contributed by atoms with Gasteiger partial charge in [0, 0.05) is 19.0 Å². The number of hydrogen-bond acceptors (Lipinski definition) is 5. The molecule has 0 spiro atoms. The fraction of sp³-hybridized carbons (Fsp3) is 0.600. The van der Waals surface area contributed by atoms with E-state index in [1.807, 2.05) is 6.92 Å². The second-order valence-corrected chi connectivity index (χ2v) is 5.11. The number of rotatable bonds is 3. The van der Waals surface area contributed by atoms with Gasteiger partial charge in [0.25, 0.3) is 0 Å². The molecule has 1 aromatic rings. The van der Waals surface area contributed by atoms with Crippen molar-refractivity contribution in [2.45, 2.75) is 25.0 Å². The van der Waals surface area contributed by atoms with Crippen LogP contribution >= 0.6 is 11.8 Å². The molecule has 0 amide bonds. The Morgan fingerprint density at radius 3 is 3.12 bits per heavy atom. The van der Waals surface area contributed by atoms with E-state index in [9.17, 15) is 9.18 Å². The number of ether oxygens (including phenoxy) is 1. The number of thioether (sulfide) groups is 1. The standard InChI is InChI=1S/C10H14FN3O2S/c1-6-16-7(5-17-6)3-14-4-8(11)9(12-2)13-10(14)15/h4,6-7H,3,5H2,1-2H3,(H,12,13,15). The van der Waals surface area contributed by atoms with Gasteiger partial charge >= 0.3 is 5.69 Å². The summed E-state index contributed by atoms with van der Waals surface area (Å²) in [6.45, 7) is 2.29. The van der Waals surface area contributed by atoms with E-state index in [4.69, 9.17) is 4.74 Å². The maximum atomic E-state index is 13.5. The first kappa shape index (κ1) is 12.4. The van der Waals surface area contributed by atoms with Crippen LogP contribution in [0, 0.1) is 5.82 Å². The van der Waals surface area contributed by atoms with Gasteiger partial charge in [-0.05, 0) is 6.92 Å². The summed E-state index contributed by atoms with van der Waals surface area (Å²) in [5, 5.41) is 2.53. The number of anilines is 1. The van der Waals surface area contributed by atoms with E-state index >= 15 is 0 Å². The molecule has 2 rings (SSSR count). The molecule has 1 aliphatic rings. The third-order valence-electron chi connectivity index (χ3n) is 2.49. The molecule has 5 nitrogen and oxygen atoms in total. The van der Waals surface area contributed by atoms with Crippen molar-refractivity contribution in [2.75, 3.05) is 18.1 Å². The first-order valence-electron chi connectivity index (χ1n) is 5.32. The van der Waals surface area contributed by atoms with Crippen LogP contribution in [0.4, 0.5) is 10.2 Å². The average molecular weight is 259 g/mol. The molecule has 2 heterocycles. The summed E-state index contributed by atoms with van der Waals surface area (Å²) in [5.74, 6) is 0.246. The summed E-state index contributed by atoms with van der Waals surface area (Å²) in [6, 6.07) is 0. The van der Waals surface area contributed by atoms with Crippen LogP contribution < -0.4 is 11.0 Å². The van der Waals surface area contributed by atoms with Gasteiger partial charge in [0.05, 0.1) is 12.6 Å². The van der Waals surface area contributed by atoms with Crippen LogP contribution in [0.2, 0.25) is 0 Å². The number of hydrogen-bond donors (Lipinski definition) is 1. The summed E-state index contributed by atoms with van der Waals surface area (Å²) in [7, 11) is 1.52. The molecule has 2 atom stereocenters. The van der Waals surface area contributed by atoms with Gasteiger partial charge < -0.3 is 10.1 Å². The van der Waals surface area contributed by atoms with Crippen molar-refractivity contribution in [3.8, 4) is 0 Å². The maximum absolute atomic E-state index is 13.5. The van der Waals surface area contributed by atoms with Crippen LogP contribution in [-0.2, 0) is 11.3 Å². The smallest absolute Gasteiger partial charge is 0.349 e. The van der Waals surface area contributed by atoms with Crippen molar-refractivity contribution in [1.82, 2.24) is 9.55 Å². The Balaban J connectivity index is 2.16. The lowest BCUT2D eigenvalue weighted by atomic mass is 10.4. The zero-order chi connectivity index (χ0) is 12.4. The highest BCUT2D eigenvalue weighted by molar-refractivity contribution is 7.99. The number of halogens is 1. The fourth-order valence-corrected chi connectivity index (χ4v) is 2.59. The highest BCUT2D eigenvalue weighted by atomic mass is 32.2. The Morgan fingerprint density at radius 2 is 2.53 bits per heavy atom. The molecule has 1 aromatic heterocycles. The molecule has 0 aliphatic carbocycles. The number of aromatic nitrogens is 2. The predicted octanol–water partition coefficient (Wildman–Crippen LogP) is 0.902. The topological polar surface area (TPSA) is 56.2 Å². The van der Waals surface area contributed by atoms with Gasteiger partial charge in [-0.15, -0.1) is 11.8 Å². The van der Waals surface area contributed by atoms with E-state index in [-0.39, 0.29) is 17.4 Å². The third kappa shape index (κ3) is 2.78. The molecule has 7 heteroatoms. The molecule has 0 saturated carbocycles. The Morgan fingerprint density at radius 1 is 1.76 bits per heavy atom. The summed E-state index contributed by atoms with van der Waals surface area (Å²) >= 11 is 1.68. The van der Waals surface area contributed by atoms with E-state index in [1.165, 1.54) is 11.6 Å². The average Bonchev–Trinajstić information content (AvgIpc) is 2.69. The summed E-state index contributed by atoms with van der Waals surface area (Å²) in [4.78, 5) is 15.2. The van der Waals surface area contributed by atoms with Crippen molar-refractivity contribution in [1.29, 1.82) is 0 Å². The van der Waals surface area contributed by atoms with Crippen molar-refractivity contribution in [3.05, 3.63) is 22.5 Å². The highest BCUT2D eigenvalue weighted by Crippen LogP contribution is 2.25. The largest absolute Gasteiger partial charge is 0.370 e. The van der Waals surface area contributed by atoms with Gasteiger partial charge in [-0.2, -0.15) is 4.98 Å². The molecule has 94 valence electrons. The molecule has 2 unspecified atom stereocenters. The minimum Gasteiger partial charge on any atom is -0.370 e. The van der Waals surface area contributed by atoms with Gasteiger partial charge in [-0.25, -0.2) is 9.18 Å². The van der Waals surface area contributed by atoms with E-state index < -0.39 is 11.5 Å². The molecule has 0 aromatic carbocycles. The minimum absolute atomic E-state index is 0.0265. The molecular weight excluding hydrogens is 245 g/mol. The molecule has 1 aliphatic heterocycles. The molecule has 17 heavy (non-hydrogen) atoms. The Bertz CT molecular complexity index is 465. The molecule has 1 N–H and O–H groups in total. The number of nitrogens with one attached hydrogen (secondary N) is 1. The third-order valence-corrected chi connectivity index (χ3v) is 3.63. The van der Waals surface area contributed by atoms with Gasteiger partial charge in [0.15, 0.2) is 11.6 Å². The molecule has 1 saturated heterocycles. The summed E-state index contributed by atoms with van der Waals surface area (Å²) < 4.78 is 20.3. The lowest BCUT2D eigenvalue weighted by molar-refractivity contribution is 0.0631. The summed E-state index contributed by atoms with van der Waals surface area (Å²) in [6.07, 6.45) is 1.10. The fourth-order valence-electron chi connectivity index (χ4n) is 1.68. The number of nitrogens with zero attached hydrogens (tertiary/aromatic N) is 2. The van der Waals surface area contributed by atoms with Gasteiger partial charge in [0.1, 0.15) is 5.44 Å². The molecular formula is C10H14FN3O2S. The van der Waals surface area contributed by atoms with Gasteiger partial charge in [-0.1, -0.05) is 0 Å². The van der Waals surface area contributed by atoms with Crippen molar-refractivity contribution in [3.63, 3.8) is 0 Å². The SMILES string of the molecule is CNc1nc(=O)n(CC2CSC(C)O2)cc1F. The van der Waals surface area contributed by atoms with Crippen LogP contribution in [-0.4, -0.2) is 33.9 Å². The Labute approximate surface area is 102 Å². The lowest BCUT2D eigenvalue weighted by Crippen LogP contribution is -2.30. The Kier molecular flexibility index (Phi) is 3.68. The van der Waals surface area contributed by atoms with E-state index in [1.54, 1.807) is 11.8 Å². The van der Waals surface area contributed by atoms with Crippen molar-refractivity contribution >= 4 is 17.6 Å². The Hall–Kier alpha value is -1.08. The second-order valence-electron chi connectivity index (χ2n) is 3.78. The van der Waals surface area contributed by atoms with Gasteiger partial charge in [-0.3, -0.25) is 4.57 Å². The molecule has 1 fully saturated rings. The first-order chi connectivity index (χ1) is 8.10. The molecule has 0 bridgehead atoms. The summed E-state index contributed by atoms with van der Waals surface area (Å²) in [5.41, 5.74) is -0.339. The zero-order valence-corrected chi connectivity index (χ0v) is 10.5. The van der Waals surface area contributed by atoms with Gasteiger partial charge in [0.2, 0.25) is 0 Å². The second kappa shape index (κ2) is 5.05. The van der Waals surface area contributed by atoms with E-state index in [0.717, 1.165) is 11.9 Å².